The Hall–Kier alpha value is -2.74. The Bertz CT molecular complexity index is 1070. The highest BCUT2D eigenvalue weighted by Gasteiger charge is 2.64. The van der Waals surface area contributed by atoms with E-state index in [1.54, 1.807) is 20.8 Å². The summed E-state index contributed by atoms with van der Waals surface area (Å²) < 4.78 is 0. The molecule has 3 atom stereocenters. The number of nitrogens with two attached hydrogens (primary N) is 9. The molecule has 0 aliphatic heterocycles. The van der Waals surface area contributed by atoms with Gasteiger partial charge < -0.3 is 17.2 Å². The molecule has 3 rings (SSSR count). The molecule has 0 spiro atoms. The third-order valence-electron chi connectivity index (χ3n) is 8.10. The molecule has 0 aliphatic carbocycles. The summed E-state index contributed by atoms with van der Waals surface area (Å²) in [5, 5.41) is 0. The topological polar surface area (TPSA) is 237 Å². The number of nitrogens with zero attached hydrogens (tertiary/aromatic N) is 1. The Morgan fingerprint density at radius 2 is 0.600 bits per heavy atom. The van der Waals surface area contributed by atoms with Crippen LogP contribution in [0.5, 0.6) is 0 Å². The monoisotopic (exact) mass is 548 g/mol. The lowest BCUT2D eigenvalue weighted by Crippen LogP contribution is -2.98. The SMILES string of the molecule is CC(N)(Cc1ccccc1)C(N)(N)N(C(N)(N)C(C)(N)Cc1ccccc1)C(N)(N)C(C)(N)Cc1ccccc1. The van der Waals surface area contributed by atoms with E-state index in [4.69, 9.17) is 51.6 Å². The predicted molar refractivity (Wildman–Crippen MR) is 163 cm³/mol. The molecule has 0 amide bonds. The molecular weight excluding hydrogens is 500 g/mol. The van der Waals surface area contributed by atoms with Crippen molar-refractivity contribution < 1.29 is 0 Å². The van der Waals surface area contributed by atoms with Crippen molar-refractivity contribution in [3.8, 4) is 0 Å². The number of hydrogen-bond donors (Lipinski definition) is 9. The molecule has 0 heterocycles. The van der Waals surface area contributed by atoms with Crippen LogP contribution in [0.25, 0.3) is 0 Å². The Kier molecular flexibility index (Phi) is 8.95. The summed E-state index contributed by atoms with van der Waals surface area (Å²) in [4.78, 5) is 1.24. The molecule has 3 aromatic rings. The first-order valence-corrected chi connectivity index (χ1v) is 13.4. The first kappa shape index (κ1) is 31.8. The van der Waals surface area contributed by atoms with E-state index in [1.807, 2.05) is 91.0 Å². The summed E-state index contributed by atoms with van der Waals surface area (Å²) >= 11 is 0. The van der Waals surface area contributed by atoms with Crippen LogP contribution in [-0.2, 0) is 19.3 Å². The van der Waals surface area contributed by atoms with E-state index in [9.17, 15) is 0 Å². The minimum atomic E-state index is -2.01. The maximum atomic E-state index is 6.99. The van der Waals surface area contributed by atoms with Crippen molar-refractivity contribution in [3.05, 3.63) is 108 Å². The van der Waals surface area contributed by atoms with Crippen molar-refractivity contribution in [1.82, 2.24) is 4.90 Å². The van der Waals surface area contributed by atoms with Gasteiger partial charge in [-0.05, 0) is 56.7 Å². The molecule has 10 nitrogen and oxygen atoms in total. The zero-order valence-electron chi connectivity index (χ0n) is 23.9. The highest BCUT2D eigenvalue weighted by Crippen LogP contribution is 2.36. The van der Waals surface area contributed by atoms with Gasteiger partial charge >= 0.3 is 0 Å². The van der Waals surface area contributed by atoms with Crippen LogP contribution in [0.15, 0.2) is 91.0 Å². The van der Waals surface area contributed by atoms with Crippen LogP contribution in [0.3, 0.4) is 0 Å². The second-order valence-electron chi connectivity index (χ2n) is 12.1. The van der Waals surface area contributed by atoms with Crippen LogP contribution in [0, 0.1) is 0 Å². The fourth-order valence-electron chi connectivity index (χ4n) is 5.17. The third kappa shape index (κ3) is 6.27. The Balaban J connectivity index is 2.17. The lowest BCUT2D eigenvalue weighted by Gasteiger charge is -2.64. The van der Waals surface area contributed by atoms with Crippen LogP contribution in [-0.4, -0.2) is 38.9 Å². The quantitative estimate of drug-likeness (QED) is 0.136. The summed E-state index contributed by atoms with van der Waals surface area (Å²) in [7, 11) is 0. The van der Waals surface area contributed by atoms with Crippen molar-refractivity contribution in [1.29, 1.82) is 0 Å². The van der Waals surface area contributed by atoms with E-state index < -0.39 is 34.0 Å². The van der Waals surface area contributed by atoms with Gasteiger partial charge in [0.1, 0.15) is 17.4 Å². The number of benzene rings is 3. The molecule has 18 N–H and O–H groups in total. The van der Waals surface area contributed by atoms with Gasteiger partial charge in [-0.2, -0.15) is 0 Å². The Labute approximate surface area is 238 Å². The molecule has 0 radical (unpaired) electrons. The van der Waals surface area contributed by atoms with Gasteiger partial charge in [-0.1, -0.05) is 91.0 Å². The summed E-state index contributed by atoms with van der Waals surface area (Å²) in [6.07, 6.45) is 0.760. The molecule has 0 fully saturated rings. The first-order chi connectivity index (χ1) is 18.4. The molecule has 218 valence electrons. The predicted octanol–water partition coefficient (Wildman–Crippen LogP) is -0.118. The van der Waals surface area contributed by atoms with Crippen molar-refractivity contribution >= 4 is 0 Å². The molecule has 0 aliphatic rings. The van der Waals surface area contributed by atoms with Gasteiger partial charge in [0.15, 0.2) is 0 Å². The fraction of sp³-hybridized carbons (Fsp3) is 0.400. The molecule has 0 saturated heterocycles. The summed E-state index contributed by atoms with van der Waals surface area (Å²) in [5.74, 6) is -6.03. The first-order valence-electron chi connectivity index (χ1n) is 13.4. The number of rotatable bonds is 12. The van der Waals surface area contributed by atoms with Gasteiger partial charge in [0, 0.05) is 0 Å². The van der Waals surface area contributed by atoms with E-state index in [1.165, 1.54) is 4.90 Å². The zero-order chi connectivity index (χ0) is 30.0. The Morgan fingerprint density at radius 1 is 0.400 bits per heavy atom. The highest BCUT2D eigenvalue weighted by molar-refractivity contribution is 5.26. The lowest BCUT2D eigenvalue weighted by molar-refractivity contribution is -0.171. The van der Waals surface area contributed by atoms with Crippen LogP contribution >= 0.6 is 0 Å². The second-order valence-corrected chi connectivity index (χ2v) is 12.1. The van der Waals surface area contributed by atoms with E-state index in [2.05, 4.69) is 0 Å². The zero-order valence-corrected chi connectivity index (χ0v) is 23.9. The number of hydrogen-bond acceptors (Lipinski definition) is 10. The fourth-order valence-corrected chi connectivity index (χ4v) is 5.17. The smallest absolute Gasteiger partial charge is 0.144 e. The minimum absolute atomic E-state index is 0.253. The summed E-state index contributed by atoms with van der Waals surface area (Å²) in [6.45, 7) is 5.11. The maximum Gasteiger partial charge on any atom is 0.144 e. The molecule has 0 aromatic heterocycles. The van der Waals surface area contributed by atoms with E-state index in [0.717, 1.165) is 16.7 Å². The largest absolute Gasteiger partial charge is 0.321 e. The van der Waals surface area contributed by atoms with Crippen LogP contribution in [0.1, 0.15) is 37.5 Å². The summed E-state index contributed by atoms with van der Waals surface area (Å²) in [6, 6.07) is 28.7. The van der Waals surface area contributed by atoms with Crippen molar-refractivity contribution in [2.75, 3.05) is 0 Å². The lowest BCUT2D eigenvalue weighted by atomic mass is 9.77. The average molecular weight is 549 g/mol. The van der Waals surface area contributed by atoms with Gasteiger partial charge in [0.2, 0.25) is 0 Å². The molecule has 0 saturated carbocycles. The van der Waals surface area contributed by atoms with Gasteiger partial charge in [0.25, 0.3) is 0 Å². The molecule has 10 heteroatoms. The molecule has 0 bridgehead atoms. The van der Waals surface area contributed by atoms with E-state index in [0.29, 0.717) is 0 Å². The maximum absolute atomic E-state index is 6.99. The highest BCUT2D eigenvalue weighted by atomic mass is 15.6. The van der Waals surface area contributed by atoms with Crippen molar-refractivity contribution in [2.45, 2.75) is 74.0 Å². The van der Waals surface area contributed by atoms with Crippen molar-refractivity contribution in [2.24, 2.45) is 51.6 Å². The van der Waals surface area contributed by atoms with Gasteiger partial charge in [-0.3, -0.25) is 34.4 Å². The van der Waals surface area contributed by atoms with Crippen LogP contribution in [0.2, 0.25) is 0 Å². The van der Waals surface area contributed by atoms with Gasteiger partial charge in [0.05, 0.1) is 16.6 Å². The molecule has 3 aromatic carbocycles. The summed E-state index contributed by atoms with van der Waals surface area (Å²) in [5.41, 5.74) is 61.3. The van der Waals surface area contributed by atoms with E-state index in [-0.39, 0.29) is 19.3 Å². The second kappa shape index (κ2) is 11.3. The van der Waals surface area contributed by atoms with Gasteiger partial charge in [-0.25, -0.2) is 4.90 Å². The van der Waals surface area contributed by atoms with Crippen LogP contribution < -0.4 is 51.6 Å². The molecular formula is C30H48N10. The van der Waals surface area contributed by atoms with Crippen LogP contribution in [0.4, 0.5) is 0 Å². The molecule has 3 unspecified atom stereocenters. The van der Waals surface area contributed by atoms with Crippen molar-refractivity contribution in [3.63, 3.8) is 0 Å². The normalized spacial score (nSPS) is 17.6. The average Bonchev–Trinajstić information content (AvgIpc) is 2.84. The third-order valence-corrected chi connectivity index (χ3v) is 8.10. The van der Waals surface area contributed by atoms with E-state index >= 15 is 0 Å². The molecule has 40 heavy (non-hydrogen) atoms. The minimum Gasteiger partial charge on any atom is -0.321 e. The van der Waals surface area contributed by atoms with Gasteiger partial charge in [-0.15, -0.1) is 0 Å². The standard InChI is InChI=1S/C30H48N10/c1-25(31,19-22-13-7-4-8-14-22)28(34,35)40(29(36,37)26(2,32)20-23-15-9-5-10-16-23)30(38,39)27(3,33)21-24-17-11-6-12-18-24/h4-18H,19-21,31-39H2,1-3H3. The Morgan fingerprint density at radius 3 is 0.800 bits per heavy atom.